The SMILES string of the molecule is O=C(O[C@H]1C[C@H](I)O[C@@H]1COP(O)(=S)O[C@H]1[C@@H](F)CO[C@@H]1CO)C1CCCCCCC1. The molecule has 12 heteroatoms. The molecule has 8 nitrogen and oxygen atoms in total. The van der Waals surface area contributed by atoms with E-state index in [1.165, 1.54) is 6.42 Å². The van der Waals surface area contributed by atoms with Crippen LogP contribution in [0.15, 0.2) is 0 Å². The van der Waals surface area contributed by atoms with Crippen molar-refractivity contribution in [1.29, 1.82) is 0 Å². The van der Waals surface area contributed by atoms with Gasteiger partial charge in [0, 0.05) is 6.42 Å². The zero-order chi connectivity index (χ0) is 22.4. The van der Waals surface area contributed by atoms with Crippen LogP contribution in [-0.2, 0) is 39.9 Å². The molecule has 0 bridgehead atoms. The second-order valence-corrected chi connectivity index (χ2v) is 12.4. The van der Waals surface area contributed by atoms with Crippen LogP contribution >= 0.6 is 29.3 Å². The molecule has 3 rings (SSSR count). The van der Waals surface area contributed by atoms with E-state index >= 15 is 0 Å². The zero-order valence-electron chi connectivity index (χ0n) is 17.3. The Morgan fingerprint density at radius 3 is 2.55 bits per heavy atom. The molecule has 2 N–H and O–H groups in total. The molecular formula is C19H31FIO8PS. The highest BCUT2D eigenvalue weighted by Crippen LogP contribution is 2.48. The minimum Gasteiger partial charge on any atom is -0.459 e. The van der Waals surface area contributed by atoms with Gasteiger partial charge in [0.2, 0.25) is 0 Å². The molecule has 0 spiro atoms. The summed E-state index contributed by atoms with van der Waals surface area (Å²) in [6.45, 7) is -4.67. The molecule has 31 heavy (non-hydrogen) atoms. The lowest BCUT2D eigenvalue weighted by Gasteiger charge is -2.26. The Labute approximate surface area is 200 Å². The normalized spacial score (nSPS) is 37.2. The summed E-state index contributed by atoms with van der Waals surface area (Å²) in [5.41, 5.74) is 0. The Balaban J connectivity index is 1.52. The van der Waals surface area contributed by atoms with Crippen molar-refractivity contribution in [2.75, 3.05) is 19.8 Å². The van der Waals surface area contributed by atoms with Crippen LogP contribution < -0.4 is 0 Å². The number of aliphatic hydroxyl groups excluding tert-OH is 1. The molecule has 1 saturated carbocycles. The van der Waals surface area contributed by atoms with Crippen LogP contribution in [0, 0.1) is 5.92 Å². The average Bonchev–Trinajstić information content (AvgIpc) is 3.21. The summed E-state index contributed by atoms with van der Waals surface area (Å²) in [6, 6.07) is 0. The minimum atomic E-state index is -3.82. The summed E-state index contributed by atoms with van der Waals surface area (Å²) >= 11 is 7.12. The van der Waals surface area contributed by atoms with Gasteiger partial charge in [0.1, 0.15) is 28.5 Å². The molecular weight excluding hydrogens is 565 g/mol. The molecule has 0 aromatic heterocycles. The fourth-order valence-electron chi connectivity index (χ4n) is 4.16. The van der Waals surface area contributed by atoms with Crippen molar-refractivity contribution in [1.82, 2.24) is 0 Å². The molecule has 7 atom stereocenters. The lowest BCUT2D eigenvalue weighted by atomic mass is 9.91. The number of alkyl halides is 2. The lowest BCUT2D eigenvalue weighted by Crippen LogP contribution is -2.35. The molecule has 3 fully saturated rings. The van der Waals surface area contributed by atoms with E-state index in [0.717, 1.165) is 38.5 Å². The number of carbonyl (C=O) groups excluding carboxylic acids is 1. The molecule has 0 aromatic carbocycles. The number of rotatable bonds is 8. The van der Waals surface area contributed by atoms with Crippen LogP contribution in [0.2, 0.25) is 0 Å². The quantitative estimate of drug-likeness (QED) is 0.189. The monoisotopic (exact) mass is 596 g/mol. The molecule has 2 heterocycles. The fourth-order valence-corrected chi connectivity index (χ4v) is 6.49. The number of carbonyl (C=O) groups is 1. The summed E-state index contributed by atoms with van der Waals surface area (Å²) in [5, 5.41) is 9.26. The van der Waals surface area contributed by atoms with Crippen molar-refractivity contribution in [3.8, 4) is 0 Å². The lowest BCUT2D eigenvalue weighted by molar-refractivity contribution is -0.158. The predicted octanol–water partition coefficient (Wildman–Crippen LogP) is 3.16. The molecule has 2 saturated heterocycles. The molecule has 0 aromatic rings. The molecule has 2 aliphatic heterocycles. The Morgan fingerprint density at radius 1 is 1.19 bits per heavy atom. The van der Waals surface area contributed by atoms with Crippen molar-refractivity contribution >= 4 is 47.1 Å². The predicted molar refractivity (Wildman–Crippen MR) is 122 cm³/mol. The average molecular weight is 596 g/mol. The van der Waals surface area contributed by atoms with Gasteiger partial charge in [0.05, 0.1) is 25.7 Å². The van der Waals surface area contributed by atoms with E-state index in [4.69, 9.17) is 35.1 Å². The van der Waals surface area contributed by atoms with E-state index in [1.54, 1.807) is 0 Å². The molecule has 1 unspecified atom stereocenters. The first-order chi connectivity index (χ1) is 14.8. The smallest absolute Gasteiger partial charge is 0.325 e. The Bertz CT molecular complexity index is 638. The Hall–Kier alpha value is 0.540. The summed E-state index contributed by atoms with van der Waals surface area (Å²) < 4.78 is 41.1. The maximum Gasteiger partial charge on any atom is 0.325 e. The number of hydrogen-bond acceptors (Lipinski definition) is 8. The van der Waals surface area contributed by atoms with E-state index in [0.29, 0.717) is 6.42 Å². The van der Waals surface area contributed by atoms with Crippen molar-refractivity contribution in [2.24, 2.45) is 5.92 Å². The number of hydrogen-bond donors (Lipinski definition) is 2. The maximum atomic E-state index is 13.9. The van der Waals surface area contributed by atoms with E-state index in [9.17, 15) is 19.2 Å². The summed E-state index contributed by atoms with van der Waals surface area (Å²) in [5.74, 6) is -0.305. The van der Waals surface area contributed by atoms with Gasteiger partial charge in [-0.05, 0) is 24.6 Å². The molecule has 0 amide bonds. The van der Waals surface area contributed by atoms with Gasteiger partial charge in [-0.3, -0.25) is 9.32 Å². The Morgan fingerprint density at radius 2 is 1.87 bits per heavy atom. The van der Waals surface area contributed by atoms with Crippen molar-refractivity contribution < 1.29 is 42.4 Å². The zero-order valence-corrected chi connectivity index (χ0v) is 21.1. The van der Waals surface area contributed by atoms with Gasteiger partial charge in [0.15, 0.2) is 6.17 Å². The van der Waals surface area contributed by atoms with Crippen LogP contribution in [0.4, 0.5) is 4.39 Å². The first kappa shape index (κ1) is 26.2. The van der Waals surface area contributed by atoms with Crippen LogP contribution in [0.25, 0.3) is 0 Å². The second-order valence-electron chi connectivity index (χ2n) is 8.24. The standard InChI is InChI=1S/C19H31FIO8PS/c20-13-10-25-15(9-22)18(13)29-30(24,31)26-11-16-14(8-17(21)27-16)28-19(23)12-6-4-2-1-3-5-7-12/h12-18,22H,1-11H2,(H,24,31)/t13-,14-,15+,16+,17+,18-,30?/m0/s1. The molecule has 3 aliphatic rings. The van der Waals surface area contributed by atoms with E-state index in [2.05, 4.69) is 22.6 Å². The van der Waals surface area contributed by atoms with Gasteiger partial charge in [-0.25, -0.2) is 4.39 Å². The van der Waals surface area contributed by atoms with E-state index in [1.807, 2.05) is 0 Å². The van der Waals surface area contributed by atoms with Gasteiger partial charge in [-0.1, -0.05) is 54.7 Å². The summed E-state index contributed by atoms with van der Waals surface area (Å²) in [6.07, 6.45) is 3.02. The van der Waals surface area contributed by atoms with Crippen molar-refractivity contribution in [3.63, 3.8) is 0 Å². The number of aliphatic hydroxyl groups is 1. The highest BCUT2D eigenvalue weighted by Gasteiger charge is 2.43. The third kappa shape index (κ3) is 7.78. The van der Waals surface area contributed by atoms with Crippen molar-refractivity contribution in [3.05, 3.63) is 0 Å². The maximum absolute atomic E-state index is 13.9. The van der Waals surface area contributed by atoms with Gasteiger partial charge >= 0.3 is 12.7 Å². The topological polar surface area (TPSA) is 104 Å². The fraction of sp³-hybridized carbons (Fsp3) is 0.947. The molecule has 1 aliphatic carbocycles. The third-order valence-electron chi connectivity index (χ3n) is 5.89. The highest BCUT2D eigenvalue weighted by molar-refractivity contribution is 14.1. The van der Waals surface area contributed by atoms with Gasteiger partial charge < -0.3 is 28.7 Å². The first-order valence-corrected chi connectivity index (χ1v) is 14.6. The van der Waals surface area contributed by atoms with Gasteiger partial charge in [-0.2, -0.15) is 0 Å². The van der Waals surface area contributed by atoms with Crippen LogP contribution in [0.5, 0.6) is 0 Å². The van der Waals surface area contributed by atoms with Crippen LogP contribution in [0.3, 0.4) is 0 Å². The van der Waals surface area contributed by atoms with E-state index < -0.39 is 43.9 Å². The molecule has 0 radical (unpaired) electrons. The number of esters is 1. The highest BCUT2D eigenvalue weighted by atomic mass is 127. The number of ether oxygens (including phenoxy) is 3. The van der Waals surface area contributed by atoms with Gasteiger partial charge in [0.25, 0.3) is 0 Å². The largest absolute Gasteiger partial charge is 0.459 e. The summed E-state index contributed by atoms with van der Waals surface area (Å²) in [7, 11) is 0. The van der Waals surface area contributed by atoms with Crippen LogP contribution in [-0.4, -0.2) is 70.5 Å². The molecule has 180 valence electrons. The third-order valence-corrected chi connectivity index (χ3v) is 8.25. The second kappa shape index (κ2) is 12.3. The Kier molecular flexibility index (Phi) is 10.4. The summed E-state index contributed by atoms with van der Waals surface area (Å²) in [4.78, 5) is 23.1. The minimum absolute atomic E-state index is 0.0962. The van der Waals surface area contributed by atoms with Crippen LogP contribution in [0.1, 0.15) is 51.4 Å². The van der Waals surface area contributed by atoms with Crippen molar-refractivity contribution in [2.45, 2.75) is 86.1 Å². The van der Waals surface area contributed by atoms with Gasteiger partial charge in [-0.15, -0.1) is 0 Å². The number of halogens is 2. The first-order valence-electron chi connectivity index (χ1n) is 10.8. The van der Waals surface area contributed by atoms with E-state index in [-0.39, 0.29) is 29.2 Å².